The highest BCUT2D eigenvalue weighted by Gasteiger charge is 2.09. The van der Waals surface area contributed by atoms with Crippen molar-refractivity contribution in [3.05, 3.63) is 22.4 Å². The van der Waals surface area contributed by atoms with Gasteiger partial charge in [-0.25, -0.2) is 9.97 Å². The average molecular weight is 215 g/mol. The van der Waals surface area contributed by atoms with Crippen molar-refractivity contribution in [2.45, 2.75) is 13.0 Å². The molecular weight excluding hydrogens is 208 g/mol. The highest BCUT2D eigenvalue weighted by atomic mass is 35.5. The highest BCUT2D eigenvalue weighted by Crippen LogP contribution is 2.31. The van der Waals surface area contributed by atoms with Crippen LogP contribution in [-0.2, 0) is 0 Å². The second-order valence-electron chi connectivity index (χ2n) is 2.70. The highest BCUT2D eigenvalue weighted by molar-refractivity contribution is 7.19. The third-order valence-corrected chi connectivity index (χ3v) is 3.40. The molecule has 0 saturated heterocycles. The van der Waals surface area contributed by atoms with Crippen molar-refractivity contribution >= 4 is 33.2 Å². The minimum absolute atomic E-state index is 0.446. The first kappa shape index (κ1) is 8.87. The van der Waals surface area contributed by atoms with E-state index in [4.69, 9.17) is 11.6 Å². The van der Waals surface area contributed by atoms with Crippen molar-refractivity contribution in [1.82, 2.24) is 9.97 Å². The molecule has 1 unspecified atom stereocenters. The zero-order chi connectivity index (χ0) is 9.42. The first-order valence-corrected chi connectivity index (χ1v) is 4.96. The lowest BCUT2D eigenvalue weighted by molar-refractivity contribution is 0.203. The number of aromatic nitrogens is 2. The van der Waals surface area contributed by atoms with Crippen molar-refractivity contribution in [2.24, 2.45) is 0 Å². The summed E-state index contributed by atoms with van der Waals surface area (Å²) in [5.41, 5.74) is 0.793. The van der Waals surface area contributed by atoms with Crippen molar-refractivity contribution in [2.75, 3.05) is 0 Å². The zero-order valence-corrected chi connectivity index (χ0v) is 8.43. The van der Waals surface area contributed by atoms with Gasteiger partial charge in [0.15, 0.2) is 0 Å². The van der Waals surface area contributed by atoms with E-state index < -0.39 is 6.10 Å². The number of hydrogen-bond donors (Lipinski definition) is 1. The third-order valence-electron chi connectivity index (χ3n) is 1.70. The fraction of sp³-hybridized carbons (Fsp3) is 0.250. The summed E-state index contributed by atoms with van der Waals surface area (Å²) in [5.74, 6) is 0. The van der Waals surface area contributed by atoms with Crippen molar-refractivity contribution in [3.8, 4) is 0 Å². The van der Waals surface area contributed by atoms with E-state index in [2.05, 4.69) is 9.97 Å². The van der Waals surface area contributed by atoms with Crippen molar-refractivity contribution in [3.63, 3.8) is 0 Å². The second kappa shape index (κ2) is 3.21. The van der Waals surface area contributed by atoms with Gasteiger partial charge in [-0.15, -0.1) is 11.3 Å². The molecule has 0 aliphatic heterocycles. The molecule has 0 aliphatic rings. The molecule has 13 heavy (non-hydrogen) atoms. The van der Waals surface area contributed by atoms with Gasteiger partial charge in [-0.3, -0.25) is 0 Å². The summed E-state index contributed by atoms with van der Waals surface area (Å²) in [7, 11) is 0. The molecule has 2 aromatic rings. The van der Waals surface area contributed by atoms with Crippen LogP contribution < -0.4 is 0 Å². The van der Waals surface area contributed by atoms with E-state index in [-0.39, 0.29) is 0 Å². The summed E-state index contributed by atoms with van der Waals surface area (Å²) in [6.07, 6.45) is 0.943. The molecule has 0 saturated carbocycles. The lowest BCUT2D eigenvalue weighted by atomic mass is 10.3. The molecule has 1 N–H and O–H groups in total. The van der Waals surface area contributed by atoms with Crippen LogP contribution in [0.15, 0.2) is 12.4 Å². The summed E-state index contributed by atoms with van der Waals surface area (Å²) >= 11 is 7.28. The molecule has 0 amide bonds. The van der Waals surface area contributed by atoms with E-state index in [9.17, 15) is 5.11 Å². The Morgan fingerprint density at radius 1 is 1.54 bits per heavy atom. The molecule has 2 rings (SSSR count). The first-order chi connectivity index (χ1) is 6.18. The Balaban J connectivity index is 2.68. The van der Waals surface area contributed by atoms with Gasteiger partial charge in [0.25, 0.3) is 0 Å². The molecule has 3 nitrogen and oxygen atoms in total. The second-order valence-corrected chi connectivity index (χ2v) is 4.15. The summed E-state index contributed by atoms with van der Waals surface area (Å²) in [4.78, 5) is 8.77. The van der Waals surface area contributed by atoms with Gasteiger partial charge in [0.1, 0.15) is 11.5 Å². The number of hydrogen-bond acceptors (Lipinski definition) is 4. The van der Waals surface area contributed by atoms with E-state index >= 15 is 0 Å². The van der Waals surface area contributed by atoms with Crippen LogP contribution in [0.5, 0.6) is 0 Å². The minimum atomic E-state index is -0.477. The van der Waals surface area contributed by atoms with E-state index in [0.717, 1.165) is 15.1 Å². The van der Waals surface area contributed by atoms with Crippen LogP contribution in [-0.4, -0.2) is 15.1 Å². The summed E-state index contributed by atoms with van der Waals surface area (Å²) in [5, 5.41) is 9.78. The Labute approximate surface area is 84.0 Å². The van der Waals surface area contributed by atoms with Gasteiger partial charge in [-0.1, -0.05) is 11.6 Å². The quantitative estimate of drug-likeness (QED) is 0.742. The number of rotatable bonds is 1. The Morgan fingerprint density at radius 3 is 2.92 bits per heavy atom. The summed E-state index contributed by atoms with van der Waals surface area (Å²) in [6.45, 7) is 1.71. The van der Waals surface area contributed by atoms with Gasteiger partial charge in [0, 0.05) is 4.88 Å². The van der Waals surface area contributed by atoms with E-state index in [1.54, 1.807) is 6.92 Å². The SMILES string of the molecule is CC(O)c1cc2ncnc(Cl)c2s1. The van der Waals surface area contributed by atoms with Crippen LogP contribution >= 0.6 is 22.9 Å². The normalized spacial score (nSPS) is 13.5. The van der Waals surface area contributed by atoms with Gasteiger partial charge in [0.2, 0.25) is 0 Å². The topological polar surface area (TPSA) is 46.0 Å². The third kappa shape index (κ3) is 1.52. The number of thiophene rings is 1. The van der Waals surface area contributed by atoms with Crippen LogP contribution in [0.1, 0.15) is 17.9 Å². The van der Waals surface area contributed by atoms with Gasteiger partial charge in [-0.05, 0) is 13.0 Å². The monoisotopic (exact) mass is 214 g/mol. The van der Waals surface area contributed by atoms with Gasteiger partial charge >= 0.3 is 0 Å². The number of fused-ring (bicyclic) bond motifs is 1. The fourth-order valence-electron chi connectivity index (χ4n) is 1.05. The van der Waals surface area contributed by atoms with Gasteiger partial charge in [0.05, 0.1) is 16.3 Å². The maximum atomic E-state index is 9.33. The largest absolute Gasteiger partial charge is 0.388 e. The molecule has 0 aromatic carbocycles. The number of aliphatic hydroxyl groups is 1. The molecule has 5 heteroatoms. The molecule has 68 valence electrons. The minimum Gasteiger partial charge on any atom is -0.388 e. The maximum absolute atomic E-state index is 9.33. The predicted molar refractivity (Wildman–Crippen MR) is 53.1 cm³/mol. The number of halogens is 1. The Hall–Kier alpha value is -0.710. The van der Waals surface area contributed by atoms with Crippen LogP contribution in [0, 0.1) is 0 Å². The molecule has 0 spiro atoms. The zero-order valence-electron chi connectivity index (χ0n) is 6.86. The molecule has 0 radical (unpaired) electrons. The van der Waals surface area contributed by atoms with Crippen LogP contribution in [0.4, 0.5) is 0 Å². The standard InChI is InChI=1S/C8H7ClN2OS/c1-4(12)6-2-5-7(13-6)8(9)11-3-10-5/h2-4,12H,1H3. The lowest BCUT2D eigenvalue weighted by Crippen LogP contribution is -1.83. The molecular formula is C8H7ClN2OS. The Kier molecular flexibility index (Phi) is 2.19. The summed E-state index contributed by atoms with van der Waals surface area (Å²) in [6, 6.07) is 1.83. The van der Waals surface area contributed by atoms with Gasteiger partial charge in [-0.2, -0.15) is 0 Å². The molecule has 0 aliphatic carbocycles. The smallest absolute Gasteiger partial charge is 0.150 e. The van der Waals surface area contributed by atoms with Crippen LogP contribution in [0.3, 0.4) is 0 Å². The molecule has 0 bridgehead atoms. The molecule has 2 heterocycles. The first-order valence-electron chi connectivity index (χ1n) is 3.76. The van der Waals surface area contributed by atoms with E-state index in [0.29, 0.717) is 5.15 Å². The Bertz CT molecular complexity index is 441. The van der Waals surface area contributed by atoms with Crippen molar-refractivity contribution in [1.29, 1.82) is 0 Å². The van der Waals surface area contributed by atoms with E-state index in [1.807, 2.05) is 6.07 Å². The number of nitrogens with zero attached hydrogens (tertiary/aromatic N) is 2. The van der Waals surface area contributed by atoms with Crippen LogP contribution in [0.25, 0.3) is 10.2 Å². The number of aliphatic hydroxyl groups excluding tert-OH is 1. The Morgan fingerprint density at radius 2 is 2.31 bits per heavy atom. The molecule has 0 fully saturated rings. The predicted octanol–water partition coefficient (Wildman–Crippen LogP) is 2.40. The van der Waals surface area contributed by atoms with E-state index in [1.165, 1.54) is 17.7 Å². The van der Waals surface area contributed by atoms with Crippen LogP contribution in [0.2, 0.25) is 5.15 Å². The van der Waals surface area contributed by atoms with Crippen molar-refractivity contribution < 1.29 is 5.11 Å². The average Bonchev–Trinajstić information content (AvgIpc) is 2.49. The van der Waals surface area contributed by atoms with Gasteiger partial charge < -0.3 is 5.11 Å². The molecule has 1 atom stereocenters. The maximum Gasteiger partial charge on any atom is 0.150 e. The lowest BCUT2D eigenvalue weighted by Gasteiger charge is -1.95. The molecule has 2 aromatic heterocycles. The fourth-order valence-corrected chi connectivity index (χ4v) is 2.24. The summed E-state index contributed by atoms with van der Waals surface area (Å²) < 4.78 is 0.833.